The summed E-state index contributed by atoms with van der Waals surface area (Å²) >= 11 is 1.45. The third-order valence-electron chi connectivity index (χ3n) is 4.46. The van der Waals surface area contributed by atoms with Crippen LogP contribution in [0.4, 0.5) is 0 Å². The molecule has 6 nitrogen and oxygen atoms in total. The SMILES string of the molecule is Cc1nc(C)c(C(=O)N2CCC3(COCC(=O)N(C)C3)C2)s1. The summed E-state index contributed by atoms with van der Waals surface area (Å²) in [6.07, 6.45) is 0.868. The van der Waals surface area contributed by atoms with Gasteiger partial charge in [-0.05, 0) is 20.3 Å². The Morgan fingerprint density at radius 1 is 1.36 bits per heavy atom. The molecule has 22 heavy (non-hydrogen) atoms. The van der Waals surface area contributed by atoms with E-state index < -0.39 is 0 Å². The average Bonchev–Trinajstić information content (AvgIpc) is 2.97. The van der Waals surface area contributed by atoms with Crippen LogP contribution in [-0.4, -0.2) is 66.5 Å². The number of ether oxygens (including phenoxy) is 1. The van der Waals surface area contributed by atoms with E-state index in [9.17, 15) is 9.59 Å². The summed E-state index contributed by atoms with van der Waals surface area (Å²) in [5.74, 6) is 0.0637. The molecule has 0 aliphatic carbocycles. The third-order valence-corrected chi connectivity index (χ3v) is 5.52. The molecule has 0 N–H and O–H groups in total. The first-order chi connectivity index (χ1) is 10.4. The summed E-state index contributed by atoms with van der Waals surface area (Å²) in [7, 11) is 1.81. The van der Waals surface area contributed by atoms with Crippen LogP contribution in [0.3, 0.4) is 0 Å². The van der Waals surface area contributed by atoms with Crippen LogP contribution >= 0.6 is 11.3 Å². The van der Waals surface area contributed by atoms with Crippen molar-refractivity contribution >= 4 is 23.2 Å². The summed E-state index contributed by atoms with van der Waals surface area (Å²) in [5, 5.41) is 0.915. The molecule has 2 aliphatic heterocycles. The summed E-state index contributed by atoms with van der Waals surface area (Å²) in [5.41, 5.74) is 0.669. The van der Waals surface area contributed by atoms with E-state index in [0.717, 1.165) is 22.0 Å². The fraction of sp³-hybridized carbons (Fsp3) is 0.667. The van der Waals surface area contributed by atoms with Crippen molar-refractivity contribution < 1.29 is 14.3 Å². The Balaban J connectivity index is 1.75. The molecule has 3 rings (SSSR count). The molecule has 2 saturated heterocycles. The normalized spacial score (nSPS) is 25.9. The topological polar surface area (TPSA) is 62.7 Å². The lowest BCUT2D eigenvalue weighted by Crippen LogP contribution is -2.41. The zero-order chi connectivity index (χ0) is 15.9. The molecular weight excluding hydrogens is 302 g/mol. The van der Waals surface area contributed by atoms with Crippen LogP contribution in [0.25, 0.3) is 0 Å². The lowest BCUT2D eigenvalue weighted by Gasteiger charge is -2.29. The first-order valence-electron chi connectivity index (χ1n) is 7.45. The fourth-order valence-corrected chi connectivity index (χ4v) is 4.22. The maximum Gasteiger partial charge on any atom is 0.265 e. The van der Waals surface area contributed by atoms with Gasteiger partial charge in [0.2, 0.25) is 5.91 Å². The Bertz CT molecular complexity index is 615. The molecule has 0 aromatic carbocycles. The molecule has 120 valence electrons. The second-order valence-corrected chi connectivity index (χ2v) is 7.57. The van der Waals surface area contributed by atoms with Gasteiger partial charge in [-0.15, -0.1) is 11.3 Å². The fourth-order valence-electron chi connectivity index (χ4n) is 3.33. The van der Waals surface area contributed by atoms with Crippen molar-refractivity contribution in [2.24, 2.45) is 5.41 Å². The number of thiazole rings is 1. The molecule has 3 heterocycles. The predicted molar refractivity (Wildman–Crippen MR) is 83.0 cm³/mol. The number of aromatic nitrogens is 1. The Morgan fingerprint density at radius 3 is 2.82 bits per heavy atom. The van der Waals surface area contributed by atoms with E-state index in [1.54, 1.807) is 11.9 Å². The van der Waals surface area contributed by atoms with Crippen molar-refractivity contribution in [2.75, 3.05) is 39.9 Å². The van der Waals surface area contributed by atoms with Gasteiger partial charge in [-0.3, -0.25) is 9.59 Å². The zero-order valence-electron chi connectivity index (χ0n) is 13.2. The number of carbonyl (C=O) groups is 2. The lowest BCUT2D eigenvalue weighted by atomic mass is 9.88. The second-order valence-electron chi connectivity index (χ2n) is 6.37. The Labute approximate surface area is 134 Å². The van der Waals surface area contributed by atoms with Crippen molar-refractivity contribution in [1.29, 1.82) is 0 Å². The van der Waals surface area contributed by atoms with Crippen molar-refractivity contribution in [3.8, 4) is 0 Å². The smallest absolute Gasteiger partial charge is 0.265 e. The van der Waals surface area contributed by atoms with Gasteiger partial charge in [-0.2, -0.15) is 0 Å². The second kappa shape index (κ2) is 5.62. The molecule has 1 unspecified atom stereocenters. The minimum Gasteiger partial charge on any atom is -0.371 e. The maximum absolute atomic E-state index is 12.7. The highest BCUT2D eigenvalue weighted by Gasteiger charge is 2.43. The molecule has 1 spiro atoms. The molecule has 2 amide bonds. The van der Waals surface area contributed by atoms with Crippen molar-refractivity contribution in [1.82, 2.24) is 14.8 Å². The molecule has 2 aliphatic rings. The van der Waals surface area contributed by atoms with Gasteiger partial charge in [0.1, 0.15) is 11.5 Å². The number of likely N-dealkylation sites (N-methyl/N-ethyl adjacent to an activating group) is 1. The molecule has 2 fully saturated rings. The first kappa shape index (κ1) is 15.4. The molecule has 1 aromatic rings. The number of carbonyl (C=O) groups excluding carboxylic acids is 2. The van der Waals surface area contributed by atoms with Gasteiger partial charge < -0.3 is 14.5 Å². The van der Waals surface area contributed by atoms with Gasteiger partial charge in [0.15, 0.2) is 0 Å². The van der Waals surface area contributed by atoms with E-state index in [2.05, 4.69) is 4.98 Å². The number of nitrogens with zero attached hydrogens (tertiary/aromatic N) is 3. The molecule has 1 atom stereocenters. The monoisotopic (exact) mass is 323 g/mol. The Morgan fingerprint density at radius 2 is 2.14 bits per heavy atom. The van der Waals surface area contributed by atoms with Crippen LogP contribution in [0.1, 0.15) is 26.8 Å². The number of likely N-dealkylation sites (tertiary alicyclic amines) is 1. The lowest BCUT2D eigenvalue weighted by molar-refractivity contribution is -0.132. The van der Waals surface area contributed by atoms with Crippen molar-refractivity contribution in [3.63, 3.8) is 0 Å². The quantitative estimate of drug-likeness (QED) is 0.776. The van der Waals surface area contributed by atoms with Gasteiger partial charge in [-0.25, -0.2) is 4.98 Å². The Hall–Kier alpha value is -1.47. The standard InChI is InChI=1S/C15H21N3O3S/c1-10-13(22-11(2)16-10)14(20)18-5-4-15(8-18)7-17(3)12(19)6-21-9-15/h4-9H2,1-3H3. The van der Waals surface area contributed by atoms with E-state index in [-0.39, 0.29) is 23.8 Å². The van der Waals surface area contributed by atoms with E-state index in [1.807, 2.05) is 18.7 Å². The number of amides is 2. The molecule has 0 bridgehead atoms. The maximum atomic E-state index is 12.7. The highest BCUT2D eigenvalue weighted by atomic mass is 32.1. The highest BCUT2D eigenvalue weighted by Crippen LogP contribution is 2.34. The van der Waals surface area contributed by atoms with E-state index >= 15 is 0 Å². The summed E-state index contributed by atoms with van der Waals surface area (Å²) in [6, 6.07) is 0. The van der Waals surface area contributed by atoms with Crippen LogP contribution in [0.5, 0.6) is 0 Å². The molecule has 0 radical (unpaired) electrons. The van der Waals surface area contributed by atoms with Gasteiger partial charge in [-0.1, -0.05) is 0 Å². The third kappa shape index (κ3) is 2.75. The molecular formula is C15H21N3O3S. The van der Waals surface area contributed by atoms with Crippen LogP contribution in [-0.2, 0) is 9.53 Å². The number of aryl methyl sites for hydroxylation is 2. The summed E-state index contributed by atoms with van der Waals surface area (Å²) in [6.45, 7) is 6.47. The number of hydrogen-bond donors (Lipinski definition) is 0. The van der Waals surface area contributed by atoms with Gasteiger partial charge in [0, 0.05) is 32.1 Å². The highest BCUT2D eigenvalue weighted by molar-refractivity contribution is 7.13. The van der Waals surface area contributed by atoms with Crippen LogP contribution in [0.2, 0.25) is 0 Å². The largest absolute Gasteiger partial charge is 0.371 e. The number of hydrogen-bond acceptors (Lipinski definition) is 5. The molecule has 7 heteroatoms. The van der Waals surface area contributed by atoms with Crippen LogP contribution in [0.15, 0.2) is 0 Å². The average molecular weight is 323 g/mol. The minimum absolute atomic E-state index is 0.00979. The Kier molecular flexibility index (Phi) is 3.94. The number of rotatable bonds is 1. The van der Waals surface area contributed by atoms with Crippen LogP contribution < -0.4 is 0 Å². The van der Waals surface area contributed by atoms with Crippen LogP contribution in [0, 0.1) is 19.3 Å². The summed E-state index contributed by atoms with van der Waals surface area (Å²) in [4.78, 5) is 33.1. The van der Waals surface area contributed by atoms with Gasteiger partial charge in [0.25, 0.3) is 5.91 Å². The minimum atomic E-state index is -0.135. The van der Waals surface area contributed by atoms with E-state index in [4.69, 9.17) is 4.74 Å². The molecule has 0 saturated carbocycles. The van der Waals surface area contributed by atoms with Gasteiger partial charge >= 0.3 is 0 Å². The molecule has 1 aromatic heterocycles. The van der Waals surface area contributed by atoms with Crippen molar-refractivity contribution in [3.05, 3.63) is 15.6 Å². The van der Waals surface area contributed by atoms with Crippen molar-refractivity contribution in [2.45, 2.75) is 20.3 Å². The van der Waals surface area contributed by atoms with Gasteiger partial charge in [0.05, 0.1) is 17.3 Å². The van der Waals surface area contributed by atoms with E-state index in [0.29, 0.717) is 26.2 Å². The summed E-state index contributed by atoms with van der Waals surface area (Å²) < 4.78 is 5.54. The van der Waals surface area contributed by atoms with E-state index in [1.165, 1.54) is 11.3 Å². The predicted octanol–water partition coefficient (Wildman–Crippen LogP) is 1.08. The zero-order valence-corrected chi connectivity index (χ0v) is 14.0. The first-order valence-corrected chi connectivity index (χ1v) is 8.27.